The van der Waals surface area contributed by atoms with Gasteiger partial charge in [-0.2, -0.15) is 0 Å². The molecule has 0 spiro atoms. The van der Waals surface area contributed by atoms with Crippen LogP contribution in [0.4, 0.5) is 0 Å². The number of rotatable bonds is 6. The van der Waals surface area contributed by atoms with Crippen molar-refractivity contribution in [3.05, 3.63) is 235 Å². The Morgan fingerprint density at radius 2 is 0.900 bits per heavy atom. The molecule has 3 heterocycles. The summed E-state index contributed by atoms with van der Waals surface area (Å²) in [5, 5.41) is 0. The van der Waals surface area contributed by atoms with Crippen LogP contribution < -0.4 is 0 Å². The van der Waals surface area contributed by atoms with Crippen molar-refractivity contribution in [2.24, 2.45) is 0 Å². The molecule has 0 aliphatic heterocycles. The second-order valence-corrected chi connectivity index (χ2v) is 13.7. The average molecular weight is 1310 g/mol. The maximum Gasteiger partial charge on any atom is 0.0163 e. The molecule has 0 N–H and O–H groups in total. The topological polar surface area (TPSA) is 38.7 Å². The van der Waals surface area contributed by atoms with Crippen molar-refractivity contribution >= 4 is 0 Å². The standard InChI is InChI=1S/3C18H14N.3Ir/c1-14-8-10-15(11-9-14)16-5-4-6-17(13-16)18-7-2-3-12-19-18;1-14-6-5-13-19-18(14)17-11-9-16(10-12-17)15-7-3-2-4-8-15;1-14-10-11-19-18(12-14)17-9-5-8-16(13-17)15-6-3-2-4-7-15;;;/h2-5,7-13H,1H3;2-11,13H,1H3;2-8,10-13H,1H3;;;/q3*-1;;;. The molecular weight excluding hydrogens is 1270 g/mol. The van der Waals surface area contributed by atoms with Crippen LogP contribution in [-0.4, -0.2) is 15.0 Å². The Balaban J connectivity index is 0.000000194. The Labute approximate surface area is 395 Å². The van der Waals surface area contributed by atoms with Crippen molar-refractivity contribution in [2.75, 3.05) is 0 Å². The van der Waals surface area contributed by atoms with E-state index in [1.54, 1.807) is 0 Å². The second kappa shape index (κ2) is 24.1. The van der Waals surface area contributed by atoms with Gasteiger partial charge in [0.05, 0.1) is 0 Å². The van der Waals surface area contributed by atoms with Crippen molar-refractivity contribution in [1.82, 2.24) is 15.0 Å². The predicted octanol–water partition coefficient (Wildman–Crippen LogP) is 13.6. The van der Waals surface area contributed by atoms with Gasteiger partial charge in [-0.25, -0.2) is 0 Å². The predicted molar refractivity (Wildman–Crippen MR) is 236 cm³/mol. The number of hydrogen-bond acceptors (Lipinski definition) is 3. The van der Waals surface area contributed by atoms with Gasteiger partial charge < -0.3 is 15.0 Å². The molecule has 9 aromatic rings. The molecule has 0 atom stereocenters. The molecule has 3 radical (unpaired) electrons. The van der Waals surface area contributed by atoms with Crippen LogP contribution in [-0.2, 0) is 60.3 Å². The van der Waals surface area contributed by atoms with Gasteiger partial charge >= 0.3 is 0 Å². The number of aryl methyl sites for hydroxylation is 3. The van der Waals surface area contributed by atoms with Gasteiger partial charge in [0, 0.05) is 78.9 Å². The monoisotopic (exact) mass is 1310 g/mol. The number of pyridine rings is 3. The van der Waals surface area contributed by atoms with Crippen molar-refractivity contribution in [3.63, 3.8) is 0 Å². The van der Waals surface area contributed by atoms with E-state index in [2.05, 4.69) is 163 Å². The molecule has 0 bridgehead atoms. The number of hydrogen-bond donors (Lipinski definition) is 0. The van der Waals surface area contributed by atoms with E-state index >= 15 is 0 Å². The summed E-state index contributed by atoms with van der Waals surface area (Å²) >= 11 is 0. The van der Waals surface area contributed by atoms with Crippen molar-refractivity contribution in [1.29, 1.82) is 0 Å². The average Bonchev–Trinajstić information content (AvgIpc) is 3.28. The van der Waals surface area contributed by atoms with Gasteiger partial charge in [-0.05, 0) is 67.2 Å². The molecule has 3 aromatic heterocycles. The minimum atomic E-state index is 0. The van der Waals surface area contributed by atoms with Crippen LogP contribution in [0.15, 0.2) is 201 Å². The van der Waals surface area contributed by atoms with Crippen LogP contribution in [0.1, 0.15) is 16.7 Å². The van der Waals surface area contributed by atoms with Crippen LogP contribution in [0.2, 0.25) is 0 Å². The third-order valence-corrected chi connectivity index (χ3v) is 9.41. The number of benzene rings is 6. The molecule has 9 rings (SSSR count). The molecule has 6 aromatic carbocycles. The fourth-order valence-electron chi connectivity index (χ4n) is 6.32. The molecule has 0 aliphatic carbocycles. The van der Waals surface area contributed by atoms with E-state index in [-0.39, 0.29) is 60.3 Å². The van der Waals surface area contributed by atoms with Gasteiger partial charge in [0.2, 0.25) is 0 Å². The van der Waals surface area contributed by atoms with Gasteiger partial charge in [0.25, 0.3) is 0 Å². The summed E-state index contributed by atoms with van der Waals surface area (Å²) in [4.78, 5) is 13.2. The van der Waals surface area contributed by atoms with Crippen LogP contribution in [0.3, 0.4) is 0 Å². The molecule has 6 heteroatoms. The Bertz CT molecular complexity index is 2640. The van der Waals surface area contributed by atoms with E-state index in [1.165, 1.54) is 50.1 Å². The third kappa shape index (κ3) is 13.1. The fraction of sp³-hybridized carbons (Fsp3) is 0.0556. The Hall–Kier alpha value is -5.28. The van der Waals surface area contributed by atoms with E-state index in [9.17, 15) is 0 Å². The van der Waals surface area contributed by atoms with Crippen molar-refractivity contribution in [3.8, 4) is 67.2 Å². The Kier molecular flexibility index (Phi) is 19.0. The van der Waals surface area contributed by atoms with E-state index in [1.807, 2.05) is 91.4 Å². The van der Waals surface area contributed by atoms with Gasteiger partial charge in [0.15, 0.2) is 0 Å². The first-order valence-electron chi connectivity index (χ1n) is 19.0. The molecule has 0 unspecified atom stereocenters. The van der Waals surface area contributed by atoms with Gasteiger partial charge in [-0.3, -0.25) is 0 Å². The summed E-state index contributed by atoms with van der Waals surface area (Å²) in [6, 6.07) is 71.7. The van der Waals surface area contributed by atoms with Crippen LogP contribution in [0, 0.1) is 39.0 Å². The van der Waals surface area contributed by atoms with Gasteiger partial charge in [-0.15, -0.1) is 101 Å². The molecule has 303 valence electrons. The number of aromatic nitrogens is 3. The first-order valence-corrected chi connectivity index (χ1v) is 19.0. The molecule has 3 nitrogen and oxygen atoms in total. The molecule has 0 fully saturated rings. The molecular formula is C54H42Ir3N3-3. The Morgan fingerprint density at radius 1 is 0.350 bits per heavy atom. The van der Waals surface area contributed by atoms with Crippen molar-refractivity contribution < 1.29 is 60.3 Å². The first kappa shape index (κ1) is 47.4. The summed E-state index contributed by atoms with van der Waals surface area (Å²) in [5.74, 6) is 0. The Morgan fingerprint density at radius 3 is 1.47 bits per heavy atom. The quantitative estimate of drug-likeness (QED) is 0.156. The fourth-order valence-corrected chi connectivity index (χ4v) is 6.32. The zero-order valence-corrected chi connectivity index (χ0v) is 40.6. The minimum Gasteiger partial charge on any atom is -0.305 e. The van der Waals surface area contributed by atoms with E-state index < -0.39 is 0 Å². The summed E-state index contributed by atoms with van der Waals surface area (Å²) in [6.45, 7) is 6.25. The van der Waals surface area contributed by atoms with Crippen molar-refractivity contribution in [2.45, 2.75) is 20.8 Å². The molecule has 0 saturated heterocycles. The maximum absolute atomic E-state index is 4.42. The maximum atomic E-state index is 4.42. The van der Waals surface area contributed by atoms with Gasteiger partial charge in [0.1, 0.15) is 0 Å². The first-order chi connectivity index (χ1) is 28.0. The zero-order valence-electron chi connectivity index (χ0n) is 33.4. The smallest absolute Gasteiger partial charge is 0.0163 e. The van der Waals surface area contributed by atoms with E-state index in [0.29, 0.717) is 0 Å². The normalized spacial score (nSPS) is 9.85. The third-order valence-electron chi connectivity index (χ3n) is 9.41. The summed E-state index contributed by atoms with van der Waals surface area (Å²) in [6.07, 6.45) is 5.47. The summed E-state index contributed by atoms with van der Waals surface area (Å²) in [5.41, 5.74) is 16.9. The summed E-state index contributed by atoms with van der Waals surface area (Å²) in [7, 11) is 0. The minimum absolute atomic E-state index is 0. The molecule has 0 saturated carbocycles. The van der Waals surface area contributed by atoms with Crippen LogP contribution in [0.25, 0.3) is 67.2 Å². The molecule has 0 amide bonds. The number of nitrogens with zero attached hydrogens (tertiary/aromatic N) is 3. The van der Waals surface area contributed by atoms with E-state index in [0.717, 1.165) is 33.8 Å². The summed E-state index contributed by atoms with van der Waals surface area (Å²) < 4.78 is 0. The molecule has 60 heavy (non-hydrogen) atoms. The van der Waals surface area contributed by atoms with E-state index in [4.69, 9.17) is 0 Å². The zero-order chi connectivity index (χ0) is 39.2. The molecule has 0 aliphatic rings. The SMILES string of the molecule is Cc1ccc(-c2cc[c-]c(-c3ccccn3)c2)cc1.Cc1cccnc1-c1[c-]cc(-c2ccccc2)cc1.Cc1ccnc(-c2[c-]ccc(-c3ccccc3)c2)c1.[Ir].[Ir].[Ir]. The van der Waals surface area contributed by atoms with Crippen LogP contribution in [0.5, 0.6) is 0 Å². The van der Waals surface area contributed by atoms with Gasteiger partial charge in [-0.1, -0.05) is 137 Å². The second-order valence-electron chi connectivity index (χ2n) is 13.7. The van der Waals surface area contributed by atoms with Crippen LogP contribution >= 0.6 is 0 Å². The largest absolute Gasteiger partial charge is 0.305 e.